The fourth-order valence-electron chi connectivity index (χ4n) is 1.71. The molecule has 0 spiro atoms. The highest BCUT2D eigenvalue weighted by Gasteiger charge is 2.05. The number of hydrogen-bond donors (Lipinski definition) is 0. The van der Waals surface area contributed by atoms with Crippen molar-refractivity contribution in [2.24, 2.45) is 0 Å². The Hall–Kier alpha value is -2.12. The molecule has 4 heteroatoms. The van der Waals surface area contributed by atoms with Crippen LogP contribution in [0.5, 0.6) is 0 Å². The number of rotatable bonds is 1. The zero-order valence-electron chi connectivity index (χ0n) is 8.29. The second-order valence-electron chi connectivity index (χ2n) is 3.39. The molecule has 2 heterocycles. The van der Waals surface area contributed by atoms with Crippen LogP contribution in [0.4, 0.5) is 0 Å². The number of nitriles is 1. The molecule has 1 aromatic carbocycles. The molecular weight excluding hydrogens is 218 g/mol. The number of thiazole rings is 1. The second kappa shape index (κ2) is 3.47. The van der Waals surface area contributed by atoms with Crippen LogP contribution < -0.4 is 0 Å². The average molecular weight is 225 g/mol. The van der Waals surface area contributed by atoms with Gasteiger partial charge < -0.3 is 0 Å². The van der Waals surface area contributed by atoms with Gasteiger partial charge in [0.2, 0.25) is 0 Å². The van der Waals surface area contributed by atoms with E-state index in [4.69, 9.17) is 5.26 Å². The minimum Gasteiger partial charge on any atom is -0.293 e. The quantitative estimate of drug-likeness (QED) is 0.639. The second-order valence-corrected chi connectivity index (χ2v) is 4.26. The molecule has 0 bridgehead atoms. The van der Waals surface area contributed by atoms with Crippen LogP contribution in [-0.2, 0) is 0 Å². The summed E-state index contributed by atoms with van der Waals surface area (Å²) in [5.41, 5.74) is 1.76. The Morgan fingerprint density at radius 2 is 2.25 bits per heavy atom. The maximum atomic E-state index is 8.82. The third kappa shape index (κ3) is 1.30. The van der Waals surface area contributed by atoms with Gasteiger partial charge in [0.05, 0.1) is 17.1 Å². The van der Waals surface area contributed by atoms with Crippen LogP contribution in [0.15, 0.2) is 42.0 Å². The molecule has 0 radical (unpaired) electrons. The van der Waals surface area contributed by atoms with Crippen molar-refractivity contribution in [2.75, 3.05) is 0 Å². The van der Waals surface area contributed by atoms with Crippen LogP contribution >= 0.6 is 11.3 Å². The molecule has 0 saturated carbocycles. The summed E-state index contributed by atoms with van der Waals surface area (Å²) in [6.07, 6.45) is 3.76. The number of benzene rings is 1. The van der Waals surface area contributed by atoms with Gasteiger partial charge in [0.1, 0.15) is 0 Å². The Kier molecular flexibility index (Phi) is 1.98. The van der Waals surface area contributed by atoms with Crippen LogP contribution in [0, 0.1) is 11.3 Å². The lowest BCUT2D eigenvalue weighted by Gasteiger charge is -1.99. The average Bonchev–Trinajstić information content (AvgIpc) is 2.96. The molecule has 0 fully saturated rings. The Morgan fingerprint density at radius 3 is 3.00 bits per heavy atom. The summed E-state index contributed by atoms with van der Waals surface area (Å²) in [6.45, 7) is 0. The minimum absolute atomic E-state index is 0.685. The van der Waals surface area contributed by atoms with E-state index in [0.717, 1.165) is 16.0 Å². The van der Waals surface area contributed by atoms with Gasteiger partial charge in [-0.25, -0.2) is 4.98 Å². The molecule has 3 nitrogen and oxygen atoms in total. The lowest BCUT2D eigenvalue weighted by Crippen LogP contribution is -1.89. The standard InChI is InChI=1S/C12H7N3S/c13-8-9-1-2-11-10(7-9)3-5-15(11)12-14-4-6-16-12/h1-7H. The molecule has 0 N–H and O–H groups in total. The van der Waals surface area contributed by atoms with Gasteiger partial charge in [-0.2, -0.15) is 5.26 Å². The number of fused-ring (bicyclic) bond motifs is 1. The Labute approximate surface area is 96.2 Å². The Morgan fingerprint density at radius 1 is 1.31 bits per heavy atom. The fourth-order valence-corrected chi connectivity index (χ4v) is 2.35. The molecule has 0 amide bonds. The molecule has 16 heavy (non-hydrogen) atoms. The maximum Gasteiger partial charge on any atom is 0.193 e. The monoisotopic (exact) mass is 225 g/mol. The van der Waals surface area contributed by atoms with Crippen molar-refractivity contribution in [1.29, 1.82) is 5.26 Å². The molecule has 0 aliphatic carbocycles. The Balaban J connectivity index is 2.26. The minimum atomic E-state index is 0.685. The molecule has 0 aliphatic heterocycles. The smallest absolute Gasteiger partial charge is 0.193 e. The molecular formula is C12H7N3S. The van der Waals surface area contributed by atoms with Crippen molar-refractivity contribution in [3.05, 3.63) is 47.6 Å². The molecule has 0 saturated heterocycles. The van der Waals surface area contributed by atoms with Crippen molar-refractivity contribution in [1.82, 2.24) is 9.55 Å². The van der Waals surface area contributed by atoms with Crippen LogP contribution in [0.3, 0.4) is 0 Å². The normalized spacial score (nSPS) is 10.4. The highest BCUT2D eigenvalue weighted by atomic mass is 32.1. The first-order valence-electron chi connectivity index (χ1n) is 4.79. The lowest BCUT2D eigenvalue weighted by molar-refractivity contribution is 1.09. The number of nitrogens with zero attached hydrogens (tertiary/aromatic N) is 3. The third-order valence-corrected chi connectivity index (χ3v) is 3.22. The highest BCUT2D eigenvalue weighted by molar-refractivity contribution is 7.12. The van der Waals surface area contributed by atoms with Crippen molar-refractivity contribution in [3.63, 3.8) is 0 Å². The van der Waals surface area contributed by atoms with E-state index < -0.39 is 0 Å². The summed E-state index contributed by atoms with van der Waals surface area (Å²) >= 11 is 1.59. The lowest BCUT2D eigenvalue weighted by atomic mass is 10.2. The topological polar surface area (TPSA) is 41.6 Å². The molecule has 76 valence electrons. The Bertz CT molecular complexity index is 674. The van der Waals surface area contributed by atoms with E-state index in [-0.39, 0.29) is 0 Å². The molecule has 0 atom stereocenters. The first kappa shape index (κ1) is 9.13. The van der Waals surface area contributed by atoms with Gasteiger partial charge in [-0.05, 0) is 24.3 Å². The number of aromatic nitrogens is 2. The largest absolute Gasteiger partial charge is 0.293 e. The molecule has 3 rings (SSSR count). The summed E-state index contributed by atoms with van der Waals surface area (Å²) in [5.74, 6) is 0. The summed E-state index contributed by atoms with van der Waals surface area (Å²) in [7, 11) is 0. The third-order valence-electron chi connectivity index (χ3n) is 2.44. The van der Waals surface area contributed by atoms with Gasteiger partial charge in [-0.1, -0.05) is 0 Å². The van der Waals surface area contributed by atoms with E-state index in [1.165, 1.54) is 0 Å². The van der Waals surface area contributed by atoms with E-state index in [1.54, 1.807) is 17.5 Å². The summed E-state index contributed by atoms with van der Waals surface area (Å²) < 4.78 is 2.03. The van der Waals surface area contributed by atoms with E-state index in [0.29, 0.717) is 5.56 Å². The van der Waals surface area contributed by atoms with Crippen molar-refractivity contribution >= 4 is 22.2 Å². The van der Waals surface area contributed by atoms with E-state index >= 15 is 0 Å². The molecule has 3 aromatic rings. The van der Waals surface area contributed by atoms with Crippen LogP contribution in [0.25, 0.3) is 16.0 Å². The van der Waals surface area contributed by atoms with E-state index in [9.17, 15) is 0 Å². The summed E-state index contributed by atoms with van der Waals surface area (Å²) in [5, 5.41) is 12.8. The predicted molar refractivity (Wildman–Crippen MR) is 63.7 cm³/mol. The van der Waals surface area contributed by atoms with Crippen LogP contribution in [0.2, 0.25) is 0 Å². The molecule has 2 aromatic heterocycles. The first-order valence-corrected chi connectivity index (χ1v) is 5.67. The predicted octanol–water partition coefficient (Wildman–Crippen LogP) is 2.96. The molecule has 0 aliphatic rings. The van der Waals surface area contributed by atoms with Crippen molar-refractivity contribution in [3.8, 4) is 11.2 Å². The van der Waals surface area contributed by atoms with Crippen LogP contribution in [-0.4, -0.2) is 9.55 Å². The van der Waals surface area contributed by atoms with Crippen molar-refractivity contribution < 1.29 is 0 Å². The van der Waals surface area contributed by atoms with Gasteiger partial charge in [-0.3, -0.25) is 4.57 Å². The van der Waals surface area contributed by atoms with Gasteiger partial charge in [0.15, 0.2) is 5.13 Å². The van der Waals surface area contributed by atoms with Gasteiger partial charge >= 0.3 is 0 Å². The van der Waals surface area contributed by atoms with E-state index in [1.807, 2.05) is 40.4 Å². The van der Waals surface area contributed by atoms with Crippen molar-refractivity contribution in [2.45, 2.75) is 0 Å². The SMILES string of the molecule is N#Cc1ccc2c(ccn2-c2nccs2)c1. The zero-order chi connectivity index (χ0) is 11.0. The first-order chi connectivity index (χ1) is 7.88. The summed E-state index contributed by atoms with van der Waals surface area (Å²) in [6, 6.07) is 9.81. The number of hydrogen-bond acceptors (Lipinski definition) is 3. The van der Waals surface area contributed by atoms with Gasteiger partial charge in [0, 0.05) is 23.2 Å². The van der Waals surface area contributed by atoms with Gasteiger partial charge in [-0.15, -0.1) is 11.3 Å². The molecule has 0 unspecified atom stereocenters. The highest BCUT2D eigenvalue weighted by Crippen LogP contribution is 2.22. The van der Waals surface area contributed by atoms with Gasteiger partial charge in [0.25, 0.3) is 0 Å². The zero-order valence-corrected chi connectivity index (χ0v) is 9.11. The summed E-state index contributed by atoms with van der Waals surface area (Å²) in [4.78, 5) is 4.27. The fraction of sp³-hybridized carbons (Fsp3) is 0. The maximum absolute atomic E-state index is 8.82. The van der Waals surface area contributed by atoms with E-state index in [2.05, 4.69) is 11.1 Å². The van der Waals surface area contributed by atoms with Crippen LogP contribution in [0.1, 0.15) is 5.56 Å².